The third kappa shape index (κ3) is 4.75. The summed E-state index contributed by atoms with van der Waals surface area (Å²) in [5.74, 6) is -0.892. The van der Waals surface area contributed by atoms with E-state index in [0.29, 0.717) is 12.2 Å². The lowest BCUT2D eigenvalue weighted by Gasteiger charge is -2.32. The molecule has 166 valence electrons. The van der Waals surface area contributed by atoms with Crippen molar-refractivity contribution in [1.82, 2.24) is 4.31 Å². The molecule has 2 aliphatic rings. The topological polar surface area (TPSA) is 69.7 Å². The molecule has 0 spiro atoms. The highest BCUT2D eigenvalue weighted by Gasteiger charge is 2.31. The fourth-order valence-electron chi connectivity index (χ4n) is 4.37. The number of halogens is 1. The summed E-state index contributed by atoms with van der Waals surface area (Å²) < 4.78 is 41.9. The Morgan fingerprint density at radius 2 is 1.77 bits per heavy atom. The molecule has 0 bridgehead atoms. The Hall–Kier alpha value is -2.45. The van der Waals surface area contributed by atoms with Crippen LogP contribution in [0.25, 0.3) is 0 Å². The summed E-state index contributed by atoms with van der Waals surface area (Å²) in [5.41, 5.74) is 1.31. The van der Waals surface area contributed by atoms with E-state index in [0.717, 1.165) is 50.9 Å². The number of nitrogens with one attached hydrogen (secondary N) is 1. The van der Waals surface area contributed by atoms with E-state index in [9.17, 15) is 17.6 Å². The number of piperidine rings is 1. The summed E-state index contributed by atoms with van der Waals surface area (Å²) in [6.07, 6.45) is 4.81. The molecular formula is C23H28FN3O3S. The molecule has 0 radical (unpaired) electrons. The van der Waals surface area contributed by atoms with Gasteiger partial charge in [0.2, 0.25) is 10.0 Å². The predicted octanol–water partition coefficient (Wildman–Crippen LogP) is 4.24. The van der Waals surface area contributed by atoms with Gasteiger partial charge in [0.05, 0.1) is 4.90 Å². The molecule has 0 saturated carbocycles. The summed E-state index contributed by atoms with van der Waals surface area (Å²) in [4.78, 5) is 15.0. The fraction of sp³-hybridized carbons (Fsp3) is 0.435. The highest BCUT2D eigenvalue weighted by atomic mass is 32.2. The normalized spacial score (nSPS) is 20.1. The van der Waals surface area contributed by atoms with Gasteiger partial charge in [0.25, 0.3) is 5.91 Å². The Bertz CT molecular complexity index is 1070. The molecule has 0 aliphatic carbocycles. The lowest BCUT2D eigenvalue weighted by molar-refractivity contribution is 0.102. The van der Waals surface area contributed by atoms with Crippen molar-refractivity contribution < 1.29 is 17.6 Å². The maximum atomic E-state index is 14.1. The van der Waals surface area contributed by atoms with E-state index in [1.54, 1.807) is 18.2 Å². The third-order valence-corrected chi connectivity index (χ3v) is 8.07. The Balaban J connectivity index is 1.55. The first-order valence-electron chi connectivity index (χ1n) is 10.8. The van der Waals surface area contributed by atoms with Crippen molar-refractivity contribution in [3.63, 3.8) is 0 Å². The Morgan fingerprint density at radius 1 is 1.03 bits per heavy atom. The first-order chi connectivity index (χ1) is 14.8. The molecule has 0 aromatic heterocycles. The van der Waals surface area contributed by atoms with Gasteiger partial charge in [-0.3, -0.25) is 4.79 Å². The van der Waals surface area contributed by atoms with Crippen molar-refractivity contribution >= 4 is 27.3 Å². The lowest BCUT2D eigenvalue weighted by Crippen LogP contribution is -2.41. The van der Waals surface area contributed by atoms with Gasteiger partial charge in [-0.05, 0) is 69.0 Å². The number of nitrogens with zero attached hydrogens (tertiary/aromatic N) is 2. The van der Waals surface area contributed by atoms with Crippen LogP contribution in [0.1, 0.15) is 49.4 Å². The molecule has 1 atom stereocenters. The van der Waals surface area contributed by atoms with Crippen LogP contribution >= 0.6 is 0 Å². The number of amides is 1. The zero-order valence-electron chi connectivity index (χ0n) is 17.7. The Labute approximate surface area is 183 Å². The van der Waals surface area contributed by atoms with Crippen LogP contribution in [0.15, 0.2) is 47.4 Å². The summed E-state index contributed by atoms with van der Waals surface area (Å²) >= 11 is 0. The number of hydrogen-bond donors (Lipinski definition) is 1. The van der Waals surface area contributed by atoms with Gasteiger partial charge in [0.15, 0.2) is 0 Å². The van der Waals surface area contributed by atoms with Crippen LogP contribution in [0.4, 0.5) is 15.8 Å². The van der Waals surface area contributed by atoms with Gasteiger partial charge in [-0.15, -0.1) is 0 Å². The van der Waals surface area contributed by atoms with Gasteiger partial charge in [-0.25, -0.2) is 12.8 Å². The number of rotatable bonds is 5. The quantitative estimate of drug-likeness (QED) is 0.747. The van der Waals surface area contributed by atoms with Crippen molar-refractivity contribution in [3.8, 4) is 0 Å². The number of carbonyl (C=O) groups excluding carboxylic acids is 1. The summed E-state index contributed by atoms with van der Waals surface area (Å²) in [5, 5.41) is 2.72. The van der Waals surface area contributed by atoms with E-state index in [-0.39, 0.29) is 16.5 Å². The van der Waals surface area contributed by atoms with Crippen LogP contribution in [0.5, 0.6) is 0 Å². The van der Waals surface area contributed by atoms with Crippen LogP contribution in [-0.4, -0.2) is 44.3 Å². The van der Waals surface area contributed by atoms with E-state index >= 15 is 0 Å². The monoisotopic (exact) mass is 445 g/mol. The lowest BCUT2D eigenvalue weighted by atomic mass is 10.1. The molecular weight excluding hydrogens is 417 g/mol. The Kier molecular flexibility index (Phi) is 6.29. The number of carbonyl (C=O) groups is 1. The van der Waals surface area contributed by atoms with Gasteiger partial charge in [0.1, 0.15) is 5.82 Å². The fourth-order valence-corrected chi connectivity index (χ4v) is 6.12. The van der Waals surface area contributed by atoms with Gasteiger partial charge >= 0.3 is 0 Å². The van der Waals surface area contributed by atoms with Gasteiger partial charge in [-0.2, -0.15) is 4.31 Å². The average Bonchev–Trinajstić information content (AvgIpc) is 3.29. The second kappa shape index (κ2) is 8.96. The Morgan fingerprint density at radius 3 is 2.52 bits per heavy atom. The van der Waals surface area contributed by atoms with Gasteiger partial charge < -0.3 is 10.2 Å². The zero-order chi connectivity index (χ0) is 22.0. The van der Waals surface area contributed by atoms with E-state index < -0.39 is 21.7 Å². The minimum Gasteiger partial charge on any atom is -0.371 e. The number of benzene rings is 2. The summed E-state index contributed by atoms with van der Waals surface area (Å²) in [6.45, 7) is 4.13. The maximum Gasteiger partial charge on any atom is 0.255 e. The number of hydrogen-bond acceptors (Lipinski definition) is 4. The predicted molar refractivity (Wildman–Crippen MR) is 119 cm³/mol. The molecule has 8 heteroatoms. The second-order valence-corrected chi connectivity index (χ2v) is 10.2. The largest absolute Gasteiger partial charge is 0.371 e. The van der Waals surface area contributed by atoms with E-state index in [2.05, 4.69) is 10.2 Å². The van der Waals surface area contributed by atoms with Crippen molar-refractivity contribution in [2.75, 3.05) is 29.9 Å². The molecule has 2 aliphatic heterocycles. The smallest absolute Gasteiger partial charge is 0.255 e. The van der Waals surface area contributed by atoms with Crippen molar-refractivity contribution in [1.29, 1.82) is 0 Å². The van der Waals surface area contributed by atoms with Crippen LogP contribution < -0.4 is 10.2 Å². The maximum absolute atomic E-state index is 14.1. The third-order valence-electron chi connectivity index (χ3n) is 6.06. The van der Waals surface area contributed by atoms with Crippen LogP contribution in [0.2, 0.25) is 0 Å². The number of anilines is 2. The molecule has 2 heterocycles. The highest BCUT2D eigenvalue weighted by molar-refractivity contribution is 7.89. The van der Waals surface area contributed by atoms with Gasteiger partial charge in [0, 0.05) is 42.6 Å². The van der Waals surface area contributed by atoms with Crippen molar-refractivity contribution in [2.45, 2.75) is 50.0 Å². The summed E-state index contributed by atoms with van der Waals surface area (Å²) in [6, 6.07) is 10.5. The molecule has 6 nitrogen and oxygen atoms in total. The number of sulfonamides is 1. The first-order valence-corrected chi connectivity index (χ1v) is 12.3. The van der Waals surface area contributed by atoms with Crippen molar-refractivity contribution in [3.05, 3.63) is 53.8 Å². The standard InChI is InChI=1S/C23H28FN3O3S/c1-17-7-2-3-12-27(17)31(29,30)22-9-6-8-18(13-22)23(28)25-20-14-19(24)15-21(16-20)26-10-4-5-11-26/h6,8-9,13-17H,2-5,7,10-12H2,1H3,(H,25,28). The van der Waals surface area contributed by atoms with E-state index in [1.807, 2.05) is 6.92 Å². The van der Waals surface area contributed by atoms with Gasteiger partial charge in [-0.1, -0.05) is 12.5 Å². The minimum atomic E-state index is -3.68. The first kappa shape index (κ1) is 21.8. The molecule has 4 rings (SSSR count). The zero-order valence-corrected chi connectivity index (χ0v) is 18.5. The van der Waals surface area contributed by atoms with Crippen LogP contribution in [0.3, 0.4) is 0 Å². The molecule has 2 aromatic rings. The van der Waals surface area contributed by atoms with Crippen LogP contribution in [0, 0.1) is 5.82 Å². The molecule has 2 aromatic carbocycles. The summed E-state index contributed by atoms with van der Waals surface area (Å²) in [7, 11) is -3.68. The molecule has 31 heavy (non-hydrogen) atoms. The van der Waals surface area contributed by atoms with E-state index in [1.165, 1.54) is 28.6 Å². The average molecular weight is 446 g/mol. The molecule has 2 saturated heterocycles. The molecule has 1 amide bonds. The SMILES string of the molecule is CC1CCCCN1S(=O)(=O)c1cccc(C(=O)Nc2cc(F)cc(N3CCCC3)c2)c1. The molecule has 1 unspecified atom stereocenters. The van der Waals surface area contributed by atoms with E-state index in [4.69, 9.17) is 0 Å². The minimum absolute atomic E-state index is 0.0625. The molecule has 1 N–H and O–H groups in total. The highest BCUT2D eigenvalue weighted by Crippen LogP contribution is 2.27. The van der Waals surface area contributed by atoms with Crippen LogP contribution in [-0.2, 0) is 10.0 Å². The molecule has 2 fully saturated rings. The second-order valence-electron chi connectivity index (χ2n) is 8.33. The van der Waals surface area contributed by atoms with Crippen molar-refractivity contribution in [2.24, 2.45) is 0 Å².